The lowest BCUT2D eigenvalue weighted by molar-refractivity contribution is 0.196. The number of aromatic nitrogens is 2. The number of nitriles is 1. The fourth-order valence-corrected chi connectivity index (χ4v) is 5.00. The molecule has 0 bridgehead atoms. The Balaban J connectivity index is 2.26. The molecule has 0 aliphatic carbocycles. The Labute approximate surface area is 187 Å². The number of allylic oxidation sites excluding steroid dienone is 2. The molecule has 29 heavy (non-hydrogen) atoms. The van der Waals surface area contributed by atoms with E-state index < -0.39 is 0 Å². The van der Waals surface area contributed by atoms with Gasteiger partial charge >= 0.3 is 0 Å². The Bertz CT molecular complexity index is 875. The summed E-state index contributed by atoms with van der Waals surface area (Å²) >= 11 is 2.09. The van der Waals surface area contributed by atoms with Crippen LogP contribution in [0.25, 0.3) is 0 Å². The molecule has 9 heteroatoms. The average Bonchev–Trinajstić information content (AvgIpc) is 2.73. The van der Waals surface area contributed by atoms with Gasteiger partial charge in [-0.25, -0.2) is 4.45 Å². The summed E-state index contributed by atoms with van der Waals surface area (Å²) in [6, 6.07) is 2.46. The fourth-order valence-electron chi connectivity index (χ4n) is 3.68. The summed E-state index contributed by atoms with van der Waals surface area (Å²) in [7, 11) is 0. The van der Waals surface area contributed by atoms with E-state index in [4.69, 9.17) is 5.73 Å². The highest BCUT2D eigenvalue weighted by Gasteiger charge is 2.30. The topological polar surface area (TPSA) is 91.2 Å². The molecule has 1 aliphatic heterocycles. The van der Waals surface area contributed by atoms with Gasteiger partial charge < -0.3 is 10.6 Å². The number of hydrogen-bond donors (Lipinski definition) is 1. The van der Waals surface area contributed by atoms with E-state index in [9.17, 15) is 10.1 Å². The zero-order valence-corrected chi connectivity index (χ0v) is 20.7. The van der Waals surface area contributed by atoms with Gasteiger partial charge in [-0.2, -0.15) is 10.4 Å². The summed E-state index contributed by atoms with van der Waals surface area (Å²) in [4.78, 5) is 17.0. The molecule has 158 valence electrons. The van der Waals surface area contributed by atoms with Crippen LogP contribution in [0.3, 0.4) is 0 Å². The normalized spacial score (nSPS) is 20.3. The number of hydrogen-bond acceptors (Lipinski definition) is 6. The van der Waals surface area contributed by atoms with Gasteiger partial charge in [0, 0.05) is 37.4 Å². The van der Waals surface area contributed by atoms with Crippen LogP contribution >= 0.6 is 28.4 Å². The molecule has 1 aromatic rings. The molecule has 1 aromatic heterocycles. The van der Waals surface area contributed by atoms with Gasteiger partial charge in [-0.05, 0) is 54.3 Å². The van der Waals surface area contributed by atoms with Crippen molar-refractivity contribution in [2.24, 2.45) is 5.73 Å². The molecule has 0 spiro atoms. The van der Waals surface area contributed by atoms with Gasteiger partial charge in [0.05, 0.1) is 18.3 Å². The molecule has 2 N–H and O–H groups in total. The predicted molar refractivity (Wildman–Crippen MR) is 130 cm³/mol. The van der Waals surface area contributed by atoms with E-state index in [0.29, 0.717) is 5.69 Å². The third-order valence-electron chi connectivity index (χ3n) is 5.40. The quantitative estimate of drug-likeness (QED) is 0.332. The second-order valence-corrected chi connectivity index (χ2v) is 9.22. The highest BCUT2D eigenvalue weighted by atomic mass is 127. The minimum absolute atomic E-state index is 0.150. The average molecular weight is 528 g/mol. The number of nitrogens with zero attached hydrogens (tertiary/aromatic N) is 5. The molecule has 0 saturated carbocycles. The molecule has 1 aliphatic rings. The SMILES string of the molecule is CC/C=C\C(=C(/N)CC)C(C)N1CCN(c2cnn(PI)c(=O)c2C#N)C(C)C1. The third-order valence-corrected chi connectivity index (χ3v) is 7.25. The molecule has 1 fully saturated rings. The monoisotopic (exact) mass is 528 g/mol. The molecule has 0 aromatic carbocycles. The Morgan fingerprint density at radius 1 is 1.52 bits per heavy atom. The van der Waals surface area contributed by atoms with Crippen LogP contribution in [0.15, 0.2) is 34.4 Å². The van der Waals surface area contributed by atoms with E-state index in [1.807, 2.05) is 0 Å². The van der Waals surface area contributed by atoms with Crippen molar-refractivity contribution in [1.29, 1.82) is 5.26 Å². The molecule has 7 nitrogen and oxygen atoms in total. The van der Waals surface area contributed by atoms with Crippen molar-refractivity contribution in [3.63, 3.8) is 0 Å². The molecule has 3 atom stereocenters. The van der Waals surface area contributed by atoms with Gasteiger partial charge in [-0.15, -0.1) is 0 Å². The van der Waals surface area contributed by atoms with Crippen molar-refractivity contribution in [3.8, 4) is 6.07 Å². The maximum Gasteiger partial charge on any atom is 0.290 e. The first-order valence-electron chi connectivity index (χ1n) is 9.94. The largest absolute Gasteiger partial charge is 0.402 e. The Kier molecular flexibility index (Phi) is 9.12. The van der Waals surface area contributed by atoms with Crippen molar-refractivity contribution in [2.75, 3.05) is 24.5 Å². The number of rotatable bonds is 7. The van der Waals surface area contributed by atoms with E-state index in [2.05, 4.69) is 82.9 Å². The highest BCUT2D eigenvalue weighted by molar-refractivity contribution is 14.2. The van der Waals surface area contributed by atoms with E-state index >= 15 is 0 Å². The van der Waals surface area contributed by atoms with Gasteiger partial charge in [0.15, 0.2) is 0 Å². The van der Waals surface area contributed by atoms with Crippen LogP contribution in [0.2, 0.25) is 0 Å². The maximum atomic E-state index is 12.5. The fraction of sp³-hybridized carbons (Fsp3) is 0.550. The summed E-state index contributed by atoms with van der Waals surface area (Å²) in [5, 5.41) is 13.8. The van der Waals surface area contributed by atoms with Crippen molar-refractivity contribution in [3.05, 3.63) is 45.5 Å². The summed E-state index contributed by atoms with van der Waals surface area (Å²) in [5.41, 5.74) is 8.92. The van der Waals surface area contributed by atoms with Gasteiger partial charge in [-0.3, -0.25) is 9.69 Å². The van der Waals surface area contributed by atoms with Crippen molar-refractivity contribution in [1.82, 2.24) is 14.5 Å². The van der Waals surface area contributed by atoms with Crippen molar-refractivity contribution in [2.45, 2.75) is 52.6 Å². The van der Waals surface area contributed by atoms with Crippen LogP contribution in [0.1, 0.15) is 46.1 Å². The molecule has 2 rings (SSSR count). The number of nitrogens with two attached hydrogens (primary N) is 1. The van der Waals surface area contributed by atoms with Gasteiger partial charge in [0.1, 0.15) is 11.6 Å². The van der Waals surface area contributed by atoms with E-state index in [1.54, 1.807) is 6.20 Å². The molecule has 2 heterocycles. The van der Waals surface area contributed by atoms with Crippen LogP contribution in [-0.2, 0) is 0 Å². The van der Waals surface area contributed by atoms with Crippen LogP contribution < -0.4 is 16.2 Å². The zero-order valence-electron chi connectivity index (χ0n) is 17.5. The maximum absolute atomic E-state index is 12.5. The predicted octanol–water partition coefficient (Wildman–Crippen LogP) is 3.39. The number of piperazine rings is 1. The van der Waals surface area contributed by atoms with Crippen LogP contribution in [0, 0.1) is 11.3 Å². The van der Waals surface area contributed by atoms with Crippen molar-refractivity contribution >= 4 is 34.1 Å². The van der Waals surface area contributed by atoms with Crippen LogP contribution in [0.4, 0.5) is 5.69 Å². The standard InChI is InChI=1S/C20H30IN6OP/c1-5-7-8-16(18(23)6-2)15(4)25-9-10-26(14(3)13-25)19-12-24-27(29-21)20(28)17(19)11-22/h7-8,12,14-15,29H,5-6,9-10,13,23H2,1-4H3/b8-7-,18-16+. The van der Waals surface area contributed by atoms with Gasteiger partial charge in [-0.1, -0.05) is 26.0 Å². The zero-order chi connectivity index (χ0) is 21.6. The number of anilines is 1. The summed E-state index contributed by atoms with van der Waals surface area (Å²) in [6.07, 6.45) is 7.95. The molecule has 0 amide bonds. The molecule has 1 saturated heterocycles. The summed E-state index contributed by atoms with van der Waals surface area (Å²) in [6.45, 7) is 10.9. The lowest BCUT2D eigenvalue weighted by Gasteiger charge is -2.44. The first kappa shape index (κ1) is 23.8. The second-order valence-electron chi connectivity index (χ2n) is 7.18. The smallest absolute Gasteiger partial charge is 0.290 e. The second kappa shape index (κ2) is 11.1. The summed E-state index contributed by atoms with van der Waals surface area (Å²) in [5.74, 6) is 0. The first-order chi connectivity index (χ1) is 13.9. The van der Waals surface area contributed by atoms with E-state index in [-0.39, 0.29) is 29.6 Å². The van der Waals surface area contributed by atoms with Crippen molar-refractivity contribution < 1.29 is 0 Å². The Morgan fingerprint density at radius 2 is 2.24 bits per heavy atom. The number of halogens is 1. The van der Waals surface area contributed by atoms with E-state index in [0.717, 1.165) is 38.2 Å². The molecular formula is C20H30IN6OP. The third kappa shape index (κ3) is 5.39. The minimum atomic E-state index is -0.314. The van der Waals surface area contributed by atoms with E-state index in [1.165, 1.54) is 10.0 Å². The lowest BCUT2D eigenvalue weighted by atomic mass is 10.00. The van der Waals surface area contributed by atoms with Crippen LogP contribution in [-0.4, -0.2) is 46.2 Å². The Morgan fingerprint density at radius 3 is 2.79 bits per heavy atom. The lowest BCUT2D eigenvalue weighted by Crippen LogP contribution is -2.55. The minimum Gasteiger partial charge on any atom is -0.402 e. The molecule has 3 unspecified atom stereocenters. The Hall–Kier alpha value is -1.43. The highest BCUT2D eigenvalue weighted by Crippen LogP contribution is 2.27. The molecule has 0 radical (unpaired) electrons. The first-order valence-corrected chi connectivity index (χ1v) is 14.0. The molecular weight excluding hydrogens is 498 g/mol. The summed E-state index contributed by atoms with van der Waals surface area (Å²) < 4.78 is 1.34. The van der Waals surface area contributed by atoms with Gasteiger partial charge in [0.2, 0.25) is 0 Å². The van der Waals surface area contributed by atoms with Gasteiger partial charge in [0.25, 0.3) is 5.56 Å². The van der Waals surface area contributed by atoms with Crippen LogP contribution in [0.5, 0.6) is 0 Å².